The van der Waals surface area contributed by atoms with Crippen molar-refractivity contribution in [1.29, 1.82) is 0 Å². The maximum atomic E-state index is 12.4. The fraction of sp³-hybridized carbons (Fsp3) is 0.562. The minimum Gasteiger partial charge on any atom is -0.481 e. The zero-order valence-electron chi connectivity index (χ0n) is 16.6. The van der Waals surface area contributed by atoms with E-state index in [2.05, 4.69) is 16.0 Å². The van der Waals surface area contributed by atoms with Gasteiger partial charge in [0, 0.05) is 6.42 Å². The highest BCUT2D eigenvalue weighted by molar-refractivity contribution is 5.96. The molecule has 0 aliphatic carbocycles. The summed E-state index contributed by atoms with van der Waals surface area (Å²) >= 11 is 0. The fourth-order valence-corrected chi connectivity index (χ4v) is 2.20. The topological polar surface area (TPSA) is 274 Å². The Hall–Kier alpha value is -3.75. The third-order valence-electron chi connectivity index (χ3n) is 3.81. The van der Waals surface area contributed by atoms with Crippen LogP contribution in [0.2, 0.25) is 0 Å². The van der Waals surface area contributed by atoms with Gasteiger partial charge in [0.25, 0.3) is 0 Å². The minimum absolute atomic E-state index is 0.394. The summed E-state index contributed by atoms with van der Waals surface area (Å²) < 4.78 is 0. The summed E-state index contributed by atoms with van der Waals surface area (Å²) in [6.07, 6.45) is -2.10. The molecule has 4 atom stereocenters. The molecule has 0 rings (SSSR count). The lowest BCUT2D eigenvalue weighted by atomic mass is 10.1. The molecule has 0 radical (unpaired) electrons. The van der Waals surface area contributed by atoms with Gasteiger partial charge in [-0.25, -0.2) is 4.79 Å². The summed E-state index contributed by atoms with van der Waals surface area (Å²) in [5.41, 5.74) is 15.4. The molecule has 0 aromatic rings. The number of aliphatic carboxylic acids is 2. The number of carbonyl (C=O) groups excluding carboxylic acids is 5. The molecule has 15 nitrogen and oxygen atoms in total. The van der Waals surface area contributed by atoms with Gasteiger partial charge in [0.15, 0.2) is 0 Å². The van der Waals surface area contributed by atoms with Gasteiger partial charge in [0.2, 0.25) is 29.5 Å². The summed E-state index contributed by atoms with van der Waals surface area (Å²) in [5, 5.41) is 24.0. The normalized spacial score (nSPS) is 14.3. The second kappa shape index (κ2) is 12.7. The molecule has 0 aliphatic heterocycles. The second-order valence-corrected chi connectivity index (χ2v) is 6.57. The zero-order chi connectivity index (χ0) is 24.3. The first-order chi connectivity index (χ1) is 14.2. The lowest BCUT2D eigenvalue weighted by Crippen LogP contribution is -2.57. The monoisotopic (exact) mass is 446 g/mol. The summed E-state index contributed by atoms with van der Waals surface area (Å²) in [4.78, 5) is 80.3. The molecule has 31 heavy (non-hydrogen) atoms. The van der Waals surface area contributed by atoms with Crippen LogP contribution in [0.4, 0.5) is 0 Å². The molecule has 0 fully saturated rings. The molecule has 174 valence electrons. The van der Waals surface area contributed by atoms with Gasteiger partial charge in [-0.1, -0.05) is 0 Å². The SMILES string of the molecule is CC(NC(=O)C(CC(N)=O)NC(=O)C(N)CC(N)=O)C(=O)NC(CCC(=O)O)C(=O)O. The van der Waals surface area contributed by atoms with Crippen LogP contribution in [0.15, 0.2) is 0 Å². The third-order valence-corrected chi connectivity index (χ3v) is 3.81. The summed E-state index contributed by atoms with van der Waals surface area (Å²) in [7, 11) is 0. The molecular formula is C16H26N6O9. The number of carboxylic acids is 2. The quantitative estimate of drug-likeness (QED) is 0.126. The summed E-state index contributed by atoms with van der Waals surface area (Å²) in [6, 6.07) is -5.78. The first-order valence-electron chi connectivity index (χ1n) is 8.92. The fourth-order valence-electron chi connectivity index (χ4n) is 2.20. The van der Waals surface area contributed by atoms with Crippen LogP contribution in [0, 0.1) is 0 Å². The molecule has 0 spiro atoms. The Labute approximate surface area is 176 Å². The molecule has 5 amide bonds. The number of amides is 5. The smallest absolute Gasteiger partial charge is 0.326 e. The van der Waals surface area contributed by atoms with Crippen molar-refractivity contribution >= 4 is 41.5 Å². The van der Waals surface area contributed by atoms with Gasteiger partial charge in [-0.05, 0) is 13.3 Å². The number of primary amides is 2. The van der Waals surface area contributed by atoms with E-state index in [1.807, 2.05) is 0 Å². The first-order valence-corrected chi connectivity index (χ1v) is 8.92. The van der Waals surface area contributed by atoms with E-state index in [1.165, 1.54) is 6.92 Å². The highest BCUT2D eigenvalue weighted by atomic mass is 16.4. The van der Waals surface area contributed by atoms with Crippen molar-refractivity contribution in [2.24, 2.45) is 17.2 Å². The van der Waals surface area contributed by atoms with E-state index in [0.29, 0.717) is 0 Å². The van der Waals surface area contributed by atoms with E-state index in [-0.39, 0.29) is 0 Å². The van der Waals surface area contributed by atoms with Crippen molar-refractivity contribution < 1.29 is 43.8 Å². The standard InChI is InChI=1S/C16H26N6O9/c1-6(13(27)21-8(16(30)31)2-3-12(25)26)20-15(29)9(5-11(19)24)22-14(28)7(17)4-10(18)23/h6-9H,2-5,17H2,1H3,(H2,18,23)(H2,19,24)(H,20,29)(H,21,27)(H,22,28)(H,25,26)(H,30,31). The largest absolute Gasteiger partial charge is 0.481 e. The molecule has 0 saturated heterocycles. The first kappa shape index (κ1) is 27.2. The van der Waals surface area contributed by atoms with Crippen molar-refractivity contribution in [2.45, 2.75) is 56.8 Å². The van der Waals surface area contributed by atoms with Gasteiger partial charge in [-0.3, -0.25) is 28.8 Å². The molecule has 11 N–H and O–H groups in total. The Morgan fingerprint density at radius 3 is 1.74 bits per heavy atom. The number of rotatable bonds is 14. The number of carboxylic acid groups (broad SMARTS) is 2. The molecule has 15 heteroatoms. The van der Waals surface area contributed by atoms with Crippen LogP contribution in [0.5, 0.6) is 0 Å². The molecule has 4 unspecified atom stereocenters. The van der Waals surface area contributed by atoms with E-state index >= 15 is 0 Å². The van der Waals surface area contributed by atoms with E-state index < -0.39 is 91.3 Å². The van der Waals surface area contributed by atoms with Crippen LogP contribution in [0.1, 0.15) is 32.6 Å². The van der Waals surface area contributed by atoms with E-state index in [9.17, 15) is 33.6 Å². The highest BCUT2D eigenvalue weighted by Gasteiger charge is 2.29. The number of nitrogens with one attached hydrogen (secondary N) is 3. The third kappa shape index (κ3) is 11.1. The maximum absolute atomic E-state index is 12.4. The van der Waals surface area contributed by atoms with Gasteiger partial charge in [-0.15, -0.1) is 0 Å². The Morgan fingerprint density at radius 1 is 0.774 bits per heavy atom. The van der Waals surface area contributed by atoms with Crippen molar-refractivity contribution in [3.8, 4) is 0 Å². The minimum atomic E-state index is -1.54. The molecule has 0 aromatic carbocycles. The summed E-state index contributed by atoms with van der Waals surface area (Å²) in [6.45, 7) is 1.19. The van der Waals surface area contributed by atoms with E-state index in [4.69, 9.17) is 27.4 Å². The number of carbonyl (C=O) groups is 7. The molecule has 0 heterocycles. The lowest BCUT2D eigenvalue weighted by Gasteiger charge is -2.22. The second-order valence-electron chi connectivity index (χ2n) is 6.57. The Morgan fingerprint density at radius 2 is 1.29 bits per heavy atom. The number of hydrogen-bond acceptors (Lipinski definition) is 8. The predicted molar refractivity (Wildman–Crippen MR) is 102 cm³/mol. The Kier molecular flexibility index (Phi) is 11.2. The van der Waals surface area contributed by atoms with Crippen LogP contribution in [0.3, 0.4) is 0 Å². The van der Waals surface area contributed by atoms with E-state index in [0.717, 1.165) is 0 Å². The molecular weight excluding hydrogens is 420 g/mol. The molecule has 0 bridgehead atoms. The van der Waals surface area contributed by atoms with Gasteiger partial charge in [0.05, 0.1) is 18.9 Å². The van der Waals surface area contributed by atoms with Gasteiger partial charge in [0.1, 0.15) is 18.1 Å². The van der Waals surface area contributed by atoms with Crippen LogP contribution >= 0.6 is 0 Å². The molecule has 0 aliphatic rings. The van der Waals surface area contributed by atoms with E-state index in [1.54, 1.807) is 0 Å². The van der Waals surface area contributed by atoms with Crippen molar-refractivity contribution in [3.63, 3.8) is 0 Å². The molecule has 0 saturated carbocycles. The van der Waals surface area contributed by atoms with Crippen LogP contribution in [0.25, 0.3) is 0 Å². The van der Waals surface area contributed by atoms with Gasteiger partial charge < -0.3 is 43.4 Å². The van der Waals surface area contributed by atoms with Crippen molar-refractivity contribution in [1.82, 2.24) is 16.0 Å². The predicted octanol–water partition coefficient (Wildman–Crippen LogP) is -4.51. The lowest BCUT2D eigenvalue weighted by molar-refractivity contribution is -0.143. The zero-order valence-corrected chi connectivity index (χ0v) is 16.6. The van der Waals surface area contributed by atoms with Gasteiger partial charge in [-0.2, -0.15) is 0 Å². The average Bonchev–Trinajstić information content (AvgIpc) is 2.62. The van der Waals surface area contributed by atoms with Gasteiger partial charge >= 0.3 is 11.9 Å². The Balaban J connectivity index is 5.09. The molecule has 0 aromatic heterocycles. The Bertz CT molecular complexity index is 741. The van der Waals surface area contributed by atoms with Crippen molar-refractivity contribution in [3.05, 3.63) is 0 Å². The highest BCUT2D eigenvalue weighted by Crippen LogP contribution is 2.01. The summed E-state index contributed by atoms with van der Waals surface area (Å²) in [5.74, 6) is -7.53. The van der Waals surface area contributed by atoms with Crippen LogP contribution in [-0.4, -0.2) is 75.9 Å². The van der Waals surface area contributed by atoms with Crippen LogP contribution < -0.4 is 33.2 Å². The number of hydrogen-bond donors (Lipinski definition) is 8. The average molecular weight is 446 g/mol. The van der Waals surface area contributed by atoms with Crippen molar-refractivity contribution in [2.75, 3.05) is 0 Å². The number of nitrogens with two attached hydrogens (primary N) is 3. The maximum Gasteiger partial charge on any atom is 0.326 e. The van der Waals surface area contributed by atoms with Crippen LogP contribution in [-0.2, 0) is 33.6 Å².